The summed E-state index contributed by atoms with van der Waals surface area (Å²) in [6.45, 7) is 3.30. The van der Waals surface area contributed by atoms with Crippen molar-refractivity contribution in [1.82, 2.24) is 0 Å². The average Bonchev–Trinajstić information content (AvgIpc) is 2.35. The quantitative estimate of drug-likeness (QED) is 0.670. The summed E-state index contributed by atoms with van der Waals surface area (Å²) in [7, 11) is 0. The molecule has 0 atom stereocenters. The van der Waals surface area contributed by atoms with Crippen LogP contribution in [0, 0.1) is 0 Å². The summed E-state index contributed by atoms with van der Waals surface area (Å²) >= 11 is 5.85. The highest BCUT2D eigenvalue weighted by atomic mass is 35.5. The van der Waals surface area contributed by atoms with Crippen molar-refractivity contribution in [2.45, 2.75) is 25.8 Å². The molecule has 0 aliphatic carbocycles. The van der Waals surface area contributed by atoms with E-state index in [9.17, 15) is 4.79 Å². The minimum Gasteiger partial charge on any atom is -0.486 e. The zero-order valence-corrected chi connectivity index (χ0v) is 8.68. The first kappa shape index (κ1) is 7.30. The summed E-state index contributed by atoms with van der Waals surface area (Å²) in [4.78, 5) is 10.9. The van der Waals surface area contributed by atoms with Crippen molar-refractivity contribution in [2.75, 3.05) is 0 Å². The monoisotopic (exact) mass is 212 g/mol. The second-order valence-electron chi connectivity index (χ2n) is 3.73. The maximum absolute atomic E-state index is 10.9. The van der Waals surface area contributed by atoms with Crippen molar-refractivity contribution >= 4 is 17.9 Å². The van der Waals surface area contributed by atoms with Crippen LogP contribution in [0.1, 0.15) is 32.5 Å². The molecular formula is C11H11ClO2. The van der Waals surface area contributed by atoms with E-state index in [-0.39, 0.29) is 5.56 Å². The highest BCUT2D eigenvalue weighted by molar-refractivity contribution is 6.31. The Hall–Kier alpha value is -1.02. The van der Waals surface area contributed by atoms with E-state index in [1.54, 1.807) is 13.8 Å². The Morgan fingerprint density at radius 1 is 1.64 bits per heavy atom. The van der Waals surface area contributed by atoms with E-state index in [0.717, 1.165) is 0 Å². The van der Waals surface area contributed by atoms with E-state index in [1.165, 1.54) is 12.1 Å². The molecule has 1 heterocycles. The van der Waals surface area contributed by atoms with Crippen molar-refractivity contribution in [3.63, 3.8) is 0 Å². The first-order valence-electron chi connectivity index (χ1n) is 5.28. The molecular weight excluding hydrogens is 200 g/mol. The van der Waals surface area contributed by atoms with E-state index in [4.69, 9.17) is 19.1 Å². The molecule has 1 aliphatic rings. The van der Waals surface area contributed by atoms with E-state index in [0.29, 0.717) is 22.6 Å². The summed E-state index contributed by atoms with van der Waals surface area (Å²) < 4.78 is 21.5. The molecule has 0 radical (unpaired) electrons. The van der Waals surface area contributed by atoms with Gasteiger partial charge >= 0.3 is 0 Å². The Labute approximate surface area is 90.6 Å². The molecule has 0 bridgehead atoms. The second kappa shape index (κ2) is 2.99. The molecule has 1 aromatic carbocycles. The van der Waals surface area contributed by atoms with Crippen LogP contribution in [0.3, 0.4) is 0 Å². The van der Waals surface area contributed by atoms with E-state index in [1.807, 2.05) is 0 Å². The standard InChI is InChI=1S/C11H11ClO2/c1-11(2)5-7-3-9(12)4-8(6-13)10(7)14-11/h3-4,6H,5H2,1-2H3/i5D2. The van der Waals surface area contributed by atoms with Gasteiger partial charge in [0.25, 0.3) is 0 Å². The van der Waals surface area contributed by atoms with Gasteiger partial charge in [0.1, 0.15) is 11.4 Å². The lowest BCUT2D eigenvalue weighted by atomic mass is 10.0. The van der Waals surface area contributed by atoms with Crippen molar-refractivity contribution in [3.8, 4) is 5.75 Å². The molecule has 0 fully saturated rings. The van der Waals surface area contributed by atoms with Crippen LogP contribution in [0.5, 0.6) is 5.75 Å². The Bertz CT molecular complexity index is 469. The molecule has 0 spiro atoms. The van der Waals surface area contributed by atoms with Crippen LogP contribution in [0.25, 0.3) is 0 Å². The van der Waals surface area contributed by atoms with Gasteiger partial charge in [-0.15, -0.1) is 0 Å². The number of carbonyl (C=O) groups is 1. The Balaban J connectivity index is 2.72. The fourth-order valence-corrected chi connectivity index (χ4v) is 1.74. The number of aldehydes is 1. The Morgan fingerprint density at radius 2 is 2.36 bits per heavy atom. The molecule has 1 aromatic rings. The van der Waals surface area contributed by atoms with Gasteiger partial charge in [-0.3, -0.25) is 4.79 Å². The minimum atomic E-state index is -1.66. The third-order valence-electron chi connectivity index (χ3n) is 2.00. The van der Waals surface area contributed by atoms with Gasteiger partial charge in [0.05, 0.1) is 5.56 Å². The third kappa shape index (κ3) is 1.50. The first-order chi connectivity index (χ1) is 7.29. The van der Waals surface area contributed by atoms with Crippen LogP contribution in [0.2, 0.25) is 5.02 Å². The molecule has 0 aromatic heterocycles. The van der Waals surface area contributed by atoms with Crippen molar-refractivity contribution < 1.29 is 12.3 Å². The summed E-state index contributed by atoms with van der Waals surface area (Å²) in [5.41, 5.74) is -0.373. The molecule has 2 nitrogen and oxygen atoms in total. The van der Waals surface area contributed by atoms with Crippen molar-refractivity contribution in [3.05, 3.63) is 28.3 Å². The van der Waals surface area contributed by atoms with E-state index >= 15 is 0 Å². The molecule has 2 rings (SSSR count). The zero-order chi connectivity index (χ0) is 12.1. The lowest BCUT2D eigenvalue weighted by molar-refractivity contribution is 0.110. The van der Waals surface area contributed by atoms with Gasteiger partial charge in [-0.25, -0.2) is 0 Å². The van der Waals surface area contributed by atoms with Crippen LogP contribution in [-0.2, 0) is 6.37 Å². The number of benzene rings is 1. The number of hydrogen-bond donors (Lipinski definition) is 0. The second-order valence-corrected chi connectivity index (χ2v) is 4.16. The summed E-state index contributed by atoms with van der Waals surface area (Å²) in [5.74, 6) is 0.300. The number of rotatable bonds is 1. The molecule has 0 saturated carbocycles. The Morgan fingerprint density at radius 3 is 3.00 bits per heavy atom. The maximum Gasteiger partial charge on any atom is 0.153 e. The molecule has 3 heteroatoms. The number of hydrogen-bond acceptors (Lipinski definition) is 2. The van der Waals surface area contributed by atoms with Crippen LogP contribution in [-0.4, -0.2) is 11.9 Å². The molecule has 0 N–H and O–H groups in total. The van der Waals surface area contributed by atoms with Gasteiger partial charge in [0, 0.05) is 19.7 Å². The molecule has 14 heavy (non-hydrogen) atoms. The molecule has 1 aliphatic heterocycles. The average molecular weight is 213 g/mol. The summed E-state index contributed by atoms with van der Waals surface area (Å²) in [6, 6.07) is 2.99. The van der Waals surface area contributed by atoms with Crippen molar-refractivity contribution in [1.29, 1.82) is 0 Å². The van der Waals surface area contributed by atoms with Gasteiger partial charge in [-0.2, -0.15) is 0 Å². The van der Waals surface area contributed by atoms with Gasteiger partial charge in [0.2, 0.25) is 0 Å². The predicted molar refractivity (Wildman–Crippen MR) is 55.3 cm³/mol. The van der Waals surface area contributed by atoms with Crippen LogP contribution in [0.15, 0.2) is 12.1 Å². The number of ether oxygens (including phenoxy) is 1. The molecule has 0 saturated heterocycles. The number of fused-ring (bicyclic) bond motifs is 1. The number of carbonyl (C=O) groups excluding carboxylic acids is 1. The fraction of sp³-hybridized carbons (Fsp3) is 0.364. The van der Waals surface area contributed by atoms with E-state index in [2.05, 4.69) is 0 Å². The number of halogens is 1. The molecule has 0 amide bonds. The SMILES string of the molecule is [2H]C1([2H])c2cc(Cl)cc(C=O)c2OC1(C)C. The molecule has 0 unspecified atom stereocenters. The zero-order valence-electron chi connectivity index (χ0n) is 9.93. The van der Waals surface area contributed by atoms with Gasteiger partial charge in [-0.1, -0.05) is 11.6 Å². The fourth-order valence-electron chi connectivity index (χ4n) is 1.51. The lowest BCUT2D eigenvalue weighted by Gasteiger charge is -2.17. The topological polar surface area (TPSA) is 26.3 Å². The van der Waals surface area contributed by atoms with Gasteiger partial charge < -0.3 is 4.74 Å². The maximum atomic E-state index is 10.9. The highest BCUT2D eigenvalue weighted by Gasteiger charge is 2.31. The van der Waals surface area contributed by atoms with Gasteiger partial charge in [-0.05, 0) is 26.0 Å². The highest BCUT2D eigenvalue weighted by Crippen LogP contribution is 2.38. The smallest absolute Gasteiger partial charge is 0.153 e. The predicted octanol–water partition coefficient (Wildman–Crippen LogP) is 2.87. The summed E-state index contributed by atoms with van der Waals surface area (Å²) in [5, 5.41) is 0.339. The van der Waals surface area contributed by atoms with E-state index < -0.39 is 12.0 Å². The lowest BCUT2D eigenvalue weighted by Crippen LogP contribution is -2.24. The Kier molecular flexibility index (Phi) is 1.56. The van der Waals surface area contributed by atoms with Crippen LogP contribution in [0.4, 0.5) is 0 Å². The first-order valence-corrected chi connectivity index (χ1v) is 4.65. The van der Waals surface area contributed by atoms with Crippen LogP contribution >= 0.6 is 11.6 Å². The summed E-state index contributed by atoms with van der Waals surface area (Å²) in [6.07, 6.45) is -1.03. The van der Waals surface area contributed by atoms with Crippen molar-refractivity contribution in [2.24, 2.45) is 0 Å². The van der Waals surface area contributed by atoms with Crippen LogP contribution < -0.4 is 4.74 Å². The minimum absolute atomic E-state index is 0.289. The largest absolute Gasteiger partial charge is 0.486 e. The normalized spacial score (nSPS) is 23.1. The van der Waals surface area contributed by atoms with Gasteiger partial charge in [0.15, 0.2) is 6.29 Å². The third-order valence-corrected chi connectivity index (χ3v) is 2.22. The molecule has 74 valence electrons.